The Balaban J connectivity index is 1.92. The minimum absolute atomic E-state index is 0.292. The minimum atomic E-state index is 0.292. The molecule has 0 aliphatic carbocycles. The van der Waals surface area contributed by atoms with Gasteiger partial charge in [-0.1, -0.05) is 6.07 Å². The summed E-state index contributed by atoms with van der Waals surface area (Å²) in [6.45, 7) is 2.20. The van der Waals surface area contributed by atoms with Gasteiger partial charge < -0.3 is 14.2 Å². The first-order valence-electron chi connectivity index (χ1n) is 5.31. The molecule has 1 aromatic carbocycles. The maximum atomic E-state index is 5.62. The van der Waals surface area contributed by atoms with Crippen molar-refractivity contribution in [1.82, 2.24) is 0 Å². The number of hydrogen-bond donors (Lipinski definition) is 0. The summed E-state index contributed by atoms with van der Waals surface area (Å²) in [6, 6.07) is 6.12. The van der Waals surface area contributed by atoms with Crippen molar-refractivity contribution in [3.05, 3.63) is 28.2 Å². The lowest BCUT2D eigenvalue weighted by molar-refractivity contribution is 0.202. The Kier molecular flexibility index (Phi) is 4.21. The molecule has 0 aromatic heterocycles. The number of epoxide rings is 1. The van der Waals surface area contributed by atoms with E-state index in [-0.39, 0.29) is 0 Å². The van der Waals surface area contributed by atoms with E-state index in [0.717, 1.165) is 29.9 Å². The van der Waals surface area contributed by atoms with Crippen molar-refractivity contribution < 1.29 is 14.2 Å². The van der Waals surface area contributed by atoms with E-state index < -0.39 is 0 Å². The second-order valence-electron chi connectivity index (χ2n) is 3.77. The molecule has 2 rings (SSSR count). The van der Waals surface area contributed by atoms with Crippen LogP contribution in [0.15, 0.2) is 22.7 Å². The highest BCUT2D eigenvalue weighted by atomic mass is 79.9. The van der Waals surface area contributed by atoms with Gasteiger partial charge in [-0.05, 0) is 40.0 Å². The largest absolute Gasteiger partial charge is 0.490 e. The summed E-state index contributed by atoms with van der Waals surface area (Å²) in [5.41, 5.74) is 1.24. The van der Waals surface area contributed by atoms with Gasteiger partial charge in [-0.25, -0.2) is 0 Å². The van der Waals surface area contributed by atoms with Gasteiger partial charge in [0.05, 0.1) is 17.7 Å². The molecule has 1 saturated heterocycles. The van der Waals surface area contributed by atoms with E-state index in [9.17, 15) is 0 Å². The minimum Gasteiger partial charge on any atom is -0.490 e. The van der Waals surface area contributed by atoms with E-state index >= 15 is 0 Å². The summed E-state index contributed by atoms with van der Waals surface area (Å²) < 4.78 is 16.7. The second kappa shape index (κ2) is 5.66. The van der Waals surface area contributed by atoms with Crippen molar-refractivity contribution in [2.24, 2.45) is 0 Å². The molecule has 1 aromatic rings. The van der Waals surface area contributed by atoms with Crippen LogP contribution in [0.3, 0.4) is 0 Å². The van der Waals surface area contributed by atoms with Crippen LogP contribution in [-0.4, -0.2) is 33.0 Å². The first-order valence-corrected chi connectivity index (χ1v) is 6.10. The van der Waals surface area contributed by atoms with Crippen molar-refractivity contribution in [1.29, 1.82) is 0 Å². The van der Waals surface area contributed by atoms with Crippen LogP contribution in [-0.2, 0) is 15.9 Å². The summed E-state index contributed by atoms with van der Waals surface area (Å²) in [4.78, 5) is 0. The fourth-order valence-corrected chi connectivity index (χ4v) is 1.92. The third kappa shape index (κ3) is 3.47. The zero-order valence-corrected chi connectivity index (χ0v) is 10.8. The topological polar surface area (TPSA) is 31.0 Å². The molecule has 3 nitrogen and oxygen atoms in total. The SMILES string of the molecule is COCCc1ccc(OCC2CO2)c(Br)c1. The summed E-state index contributed by atoms with van der Waals surface area (Å²) >= 11 is 3.50. The molecule has 16 heavy (non-hydrogen) atoms. The highest BCUT2D eigenvalue weighted by molar-refractivity contribution is 9.10. The number of methoxy groups -OCH3 is 1. The Morgan fingerprint density at radius 3 is 2.94 bits per heavy atom. The number of rotatable bonds is 6. The monoisotopic (exact) mass is 286 g/mol. The molecule has 1 aliphatic rings. The fraction of sp³-hybridized carbons (Fsp3) is 0.500. The van der Waals surface area contributed by atoms with Crippen LogP contribution in [0.2, 0.25) is 0 Å². The average molecular weight is 287 g/mol. The molecule has 0 spiro atoms. The Morgan fingerprint density at radius 1 is 1.50 bits per heavy atom. The zero-order chi connectivity index (χ0) is 11.4. The first-order chi connectivity index (χ1) is 7.79. The summed E-state index contributed by atoms with van der Waals surface area (Å²) in [5.74, 6) is 0.872. The molecule has 1 fully saturated rings. The number of halogens is 1. The van der Waals surface area contributed by atoms with Gasteiger partial charge in [-0.3, -0.25) is 0 Å². The smallest absolute Gasteiger partial charge is 0.133 e. The van der Waals surface area contributed by atoms with Gasteiger partial charge in [0, 0.05) is 7.11 Å². The standard InChI is InChI=1S/C12H15BrO3/c1-14-5-4-9-2-3-12(11(13)6-9)16-8-10-7-15-10/h2-3,6,10H,4-5,7-8H2,1H3. The van der Waals surface area contributed by atoms with Gasteiger partial charge in [0.1, 0.15) is 18.5 Å². The van der Waals surface area contributed by atoms with E-state index in [4.69, 9.17) is 14.2 Å². The second-order valence-corrected chi connectivity index (χ2v) is 4.63. The maximum Gasteiger partial charge on any atom is 0.133 e. The van der Waals surface area contributed by atoms with Crippen LogP contribution >= 0.6 is 15.9 Å². The Morgan fingerprint density at radius 2 is 2.31 bits per heavy atom. The number of ether oxygens (including phenoxy) is 3. The fourth-order valence-electron chi connectivity index (χ4n) is 1.38. The molecule has 0 saturated carbocycles. The molecule has 1 aliphatic heterocycles. The van der Waals surface area contributed by atoms with E-state index in [1.807, 2.05) is 6.07 Å². The average Bonchev–Trinajstić information content (AvgIpc) is 3.09. The predicted octanol–water partition coefficient (Wildman–Crippen LogP) is 2.42. The van der Waals surface area contributed by atoms with E-state index in [1.54, 1.807) is 7.11 Å². The van der Waals surface area contributed by atoms with Crippen LogP contribution in [0.5, 0.6) is 5.75 Å². The molecular weight excluding hydrogens is 272 g/mol. The number of benzene rings is 1. The van der Waals surface area contributed by atoms with E-state index in [1.165, 1.54) is 5.56 Å². The third-order valence-corrected chi connectivity index (χ3v) is 3.04. The molecule has 0 radical (unpaired) electrons. The van der Waals surface area contributed by atoms with E-state index in [0.29, 0.717) is 12.7 Å². The lowest BCUT2D eigenvalue weighted by Gasteiger charge is -2.08. The van der Waals surface area contributed by atoms with Crippen molar-refractivity contribution in [3.63, 3.8) is 0 Å². The van der Waals surface area contributed by atoms with Crippen LogP contribution in [0, 0.1) is 0 Å². The molecule has 0 bridgehead atoms. The third-order valence-electron chi connectivity index (χ3n) is 2.42. The van der Waals surface area contributed by atoms with Crippen LogP contribution in [0.25, 0.3) is 0 Å². The Hall–Kier alpha value is -0.580. The molecule has 1 heterocycles. The molecule has 0 amide bonds. The van der Waals surface area contributed by atoms with E-state index in [2.05, 4.69) is 28.1 Å². The highest BCUT2D eigenvalue weighted by Gasteiger charge is 2.23. The lowest BCUT2D eigenvalue weighted by atomic mass is 10.1. The normalized spacial score (nSPS) is 18.5. The summed E-state index contributed by atoms with van der Waals surface area (Å²) in [5, 5.41) is 0. The summed E-state index contributed by atoms with van der Waals surface area (Å²) in [6.07, 6.45) is 1.21. The molecule has 1 atom stereocenters. The first kappa shape index (κ1) is 11.9. The van der Waals surface area contributed by atoms with Crippen molar-refractivity contribution in [2.45, 2.75) is 12.5 Å². The van der Waals surface area contributed by atoms with Gasteiger partial charge in [0.25, 0.3) is 0 Å². The number of hydrogen-bond acceptors (Lipinski definition) is 3. The molecular formula is C12H15BrO3. The molecule has 88 valence electrons. The zero-order valence-electron chi connectivity index (χ0n) is 9.24. The van der Waals surface area contributed by atoms with Crippen LogP contribution in [0.1, 0.15) is 5.56 Å². The van der Waals surface area contributed by atoms with Crippen LogP contribution < -0.4 is 4.74 Å². The predicted molar refractivity (Wildman–Crippen MR) is 65.0 cm³/mol. The van der Waals surface area contributed by atoms with Crippen molar-refractivity contribution in [2.75, 3.05) is 26.9 Å². The molecule has 4 heteroatoms. The Labute approximate surface area is 104 Å². The quantitative estimate of drug-likeness (QED) is 0.753. The van der Waals surface area contributed by atoms with Gasteiger partial charge in [0.2, 0.25) is 0 Å². The van der Waals surface area contributed by atoms with Gasteiger partial charge in [0.15, 0.2) is 0 Å². The van der Waals surface area contributed by atoms with Crippen LogP contribution in [0.4, 0.5) is 0 Å². The summed E-state index contributed by atoms with van der Waals surface area (Å²) in [7, 11) is 1.71. The maximum absolute atomic E-state index is 5.62. The van der Waals surface area contributed by atoms with Gasteiger partial charge in [-0.2, -0.15) is 0 Å². The van der Waals surface area contributed by atoms with Gasteiger partial charge in [-0.15, -0.1) is 0 Å². The highest BCUT2D eigenvalue weighted by Crippen LogP contribution is 2.27. The molecule has 1 unspecified atom stereocenters. The van der Waals surface area contributed by atoms with Crippen molar-refractivity contribution in [3.8, 4) is 5.75 Å². The molecule has 0 N–H and O–H groups in total. The van der Waals surface area contributed by atoms with Gasteiger partial charge >= 0.3 is 0 Å². The lowest BCUT2D eigenvalue weighted by Crippen LogP contribution is -2.04. The Bertz CT molecular complexity index is 350. The van der Waals surface area contributed by atoms with Crippen molar-refractivity contribution >= 4 is 15.9 Å².